The molecule has 0 aliphatic heterocycles. The molecule has 2 rings (SSSR count). The smallest absolute Gasteiger partial charge is 0.178 e. The molecule has 0 amide bonds. The molecule has 1 aromatic heterocycles. The third-order valence-electron chi connectivity index (χ3n) is 2.92. The van der Waals surface area contributed by atoms with Gasteiger partial charge in [-0.3, -0.25) is 4.98 Å². The van der Waals surface area contributed by atoms with Crippen molar-refractivity contribution in [3.8, 4) is 0 Å². The van der Waals surface area contributed by atoms with E-state index in [0.717, 1.165) is 5.56 Å². The Kier molecular flexibility index (Phi) is 3.85. The first-order valence-electron chi connectivity index (χ1n) is 5.97. The SMILES string of the molecule is Cc1cc(N)ccc1S(=O)(=O)CCc1cccnc1. The maximum absolute atomic E-state index is 12.3. The zero-order valence-electron chi connectivity index (χ0n) is 10.7. The predicted octanol–water partition coefficient (Wildman–Crippen LogP) is 1.99. The first kappa shape index (κ1) is 13.5. The van der Waals surface area contributed by atoms with Crippen molar-refractivity contribution < 1.29 is 8.42 Å². The number of hydrogen-bond donors (Lipinski definition) is 1. The van der Waals surface area contributed by atoms with Crippen LogP contribution in [0.15, 0.2) is 47.6 Å². The van der Waals surface area contributed by atoms with Gasteiger partial charge in [-0.15, -0.1) is 0 Å². The van der Waals surface area contributed by atoms with E-state index >= 15 is 0 Å². The van der Waals surface area contributed by atoms with Crippen molar-refractivity contribution in [3.05, 3.63) is 53.9 Å². The molecule has 0 aliphatic rings. The number of nitrogen functional groups attached to an aromatic ring is 1. The van der Waals surface area contributed by atoms with E-state index in [1.54, 1.807) is 43.6 Å². The molecule has 0 bridgehead atoms. The largest absolute Gasteiger partial charge is 0.399 e. The van der Waals surface area contributed by atoms with Crippen LogP contribution in [0.1, 0.15) is 11.1 Å². The van der Waals surface area contributed by atoms with Gasteiger partial charge in [0.05, 0.1) is 10.6 Å². The highest BCUT2D eigenvalue weighted by molar-refractivity contribution is 7.91. The number of aromatic nitrogens is 1. The Hall–Kier alpha value is -1.88. The van der Waals surface area contributed by atoms with E-state index in [9.17, 15) is 8.42 Å². The van der Waals surface area contributed by atoms with Crippen LogP contribution in [0.3, 0.4) is 0 Å². The summed E-state index contributed by atoms with van der Waals surface area (Å²) in [6.07, 6.45) is 3.81. The molecule has 0 atom stereocenters. The summed E-state index contributed by atoms with van der Waals surface area (Å²) in [4.78, 5) is 4.33. The maximum atomic E-state index is 12.3. The molecule has 0 radical (unpaired) electrons. The molecular formula is C14H16N2O2S. The molecule has 1 aromatic carbocycles. The van der Waals surface area contributed by atoms with Crippen molar-refractivity contribution in [3.63, 3.8) is 0 Å². The van der Waals surface area contributed by atoms with Gasteiger partial charge in [0.2, 0.25) is 0 Å². The molecule has 5 heteroatoms. The lowest BCUT2D eigenvalue weighted by atomic mass is 10.2. The van der Waals surface area contributed by atoms with Crippen LogP contribution in [0, 0.1) is 6.92 Å². The van der Waals surface area contributed by atoms with Gasteiger partial charge in [0.25, 0.3) is 0 Å². The Morgan fingerprint density at radius 3 is 2.68 bits per heavy atom. The Morgan fingerprint density at radius 1 is 1.26 bits per heavy atom. The van der Waals surface area contributed by atoms with Crippen LogP contribution < -0.4 is 5.73 Å². The van der Waals surface area contributed by atoms with E-state index in [1.165, 1.54) is 0 Å². The van der Waals surface area contributed by atoms with Crippen LogP contribution in [0.2, 0.25) is 0 Å². The molecule has 0 spiro atoms. The van der Waals surface area contributed by atoms with Crippen LogP contribution in [0.25, 0.3) is 0 Å². The molecule has 0 fully saturated rings. The zero-order chi connectivity index (χ0) is 13.9. The molecule has 0 unspecified atom stereocenters. The van der Waals surface area contributed by atoms with Gasteiger partial charge in [0, 0.05) is 18.1 Å². The van der Waals surface area contributed by atoms with Crippen molar-refractivity contribution in [2.75, 3.05) is 11.5 Å². The fourth-order valence-electron chi connectivity index (χ4n) is 1.93. The number of hydrogen-bond acceptors (Lipinski definition) is 4. The third-order valence-corrected chi connectivity index (χ3v) is 4.79. The van der Waals surface area contributed by atoms with Crippen molar-refractivity contribution in [1.82, 2.24) is 4.98 Å². The number of nitrogens with zero attached hydrogens (tertiary/aromatic N) is 1. The summed E-state index contributed by atoms with van der Waals surface area (Å²) in [5, 5.41) is 0. The number of pyridine rings is 1. The summed E-state index contributed by atoms with van der Waals surface area (Å²) >= 11 is 0. The second-order valence-corrected chi connectivity index (χ2v) is 6.53. The number of nitrogens with two attached hydrogens (primary N) is 1. The lowest BCUT2D eigenvalue weighted by molar-refractivity contribution is 0.594. The zero-order valence-corrected chi connectivity index (χ0v) is 11.5. The quantitative estimate of drug-likeness (QED) is 0.867. The van der Waals surface area contributed by atoms with Crippen LogP contribution in [-0.4, -0.2) is 19.2 Å². The van der Waals surface area contributed by atoms with Gasteiger partial charge in [0.1, 0.15) is 0 Å². The van der Waals surface area contributed by atoms with Crippen molar-refractivity contribution >= 4 is 15.5 Å². The molecule has 0 saturated heterocycles. The van der Waals surface area contributed by atoms with Crippen LogP contribution in [0.5, 0.6) is 0 Å². The van der Waals surface area contributed by atoms with Crippen molar-refractivity contribution in [1.29, 1.82) is 0 Å². The third kappa shape index (κ3) is 3.32. The first-order chi connectivity index (χ1) is 8.99. The van der Waals surface area contributed by atoms with E-state index in [1.807, 2.05) is 6.07 Å². The Bertz CT molecular complexity index is 667. The van der Waals surface area contributed by atoms with E-state index in [4.69, 9.17) is 5.73 Å². The fourth-order valence-corrected chi connectivity index (χ4v) is 3.48. The minimum atomic E-state index is -3.29. The molecule has 19 heavy (non-hydrogen) atoms. The number of rotatable bonds is 4. The molecule has 100 valence electrons. The average molecular weight is 276 g/mol. The summed E-state index contributed by atoms with van der Waals surface area (Å²) in [6, 6.07) is 8.54. The summed E-state index contributed by atoms with van der Waals surface area (Å²) in [6.45, 7) is 1.76. The van der Waals surface area contributed by atoms with Gasteiger partial charge in [0.15, 0.2) is 9.84 Å². The molecule has 0 aliphatic carbocycles. The highest BCUT2D eigenvalue weighted by Crippen LogP contribution is 2.19. The highest BCUT2D eigenvalue weighted by Gasteiger charge is 2.16. The summed E-state index contributed by atoms with van der Waals surface area (Å²) < 4.78 is 24.6. The molecule has 0 saturated carbocycles. The second kappa shape index (κ2) is 5.40. The molecule has 2 aromatic rings. The van der Waals surface area contributed by atoms with Gasteiger partial charge in [-0.1, -0.05) is 6.07 Å². The second-order valence-electron chi connectivity index (χ2n) is 4.46. The molecule has 4 nitrogen and oxygen atoms in total. The highest BCUT2D eigenvalue weighted by atomic mass is 32.2. The van der Waals surface area contributed by atoms with Crippen LogP contribution >= 0.6 is 0 Å². The van der Waals surface area contributed by atoms with E-state index in [0.29, 0.717) is 22.6 Å². The summed E-state index contributed by atoms with van der Waals surface area (Å²) in [7, 11) is -3.29. The maximum Gasteiger partial charge on any atom is 0.178 e. The Labute approximate surface area is 113 Å². The number of aryl methyl sites for hydroxylation is 2. The topological polar surface area (TPSA) is 73.1 Å². The predicted molar refractivity (Wildman–Crippen MR) is 75.6 cm³/mol. The Morgan fingerprint density at radius 2 is 2.05 bits per heavy atom. The molecular weight excluding hydrogens is 260 g/mol. The van der Waals surface area contributed by atoms with Gasteiger partial charge in [-0.25, -0.2) is 8.42 Å². The summed E-state index contributed by atoms with van der Waals surface area (Å²) in [5.41, 5.74) is 7.81. The molecule has 2 N–H and O–H groups in total. The van der Waals surface area contributed by atoms with E-state index in [2.05, 4.69) is 4.98 Å². The minimum absolute atomic E-state index is 0.0729. The number of sulfone groups is 1. The van der Waals surface area contributed by atoms with Crippen molar-refractivity contribution in [2.45, 2.75) is 18.2 Å². The van der Waals surface area contributed by atoms with Crippen molar-refractivity contribution in [2.24, 2.45) is 0 Å². The van der Waals surface area contributed by atoms with Gasteiger partial charge >= 0.3 is 0 Å². The fraction of sp³-hybridized carbons (Fsp3) is 0.214. The summed E-state index contributed by atoms with van der Waals surface area (Å²) in [5.74, 6) is 0.0729. The van der Waals surface area contributed by atoms with E-state index < -0.39 is 9.84 Å². The van der Waals surface area contributed by atoms with Gasteiger partial charge in [-0.05, 0) is 48.7 Å². The normalized spacial score (nSPS) is 11.4. The van der Waals surface area contributed by atoms with Gasteiger partial charge in [-0.2, -0.15) is 0 Å². The lowest BCUT2D eigenvalue weighted by Gasteiger charge is -2.08. The lowest BCUT2D eigenvalue weighted by Crippen LogP contribution is -2.11. The minimum Gasteiger partial charge on any atom is -0.399 e. The van der Waals surface area contributed by atoms with Gasteiger partial charge < -0.3 is 5.73 Å². The average Bonchev–Trinajstić information content (AvgIpc) is 2.37. The number of benzene rings is 1. The molecule has 1 heterocycles. The van der Waals surface area contributed by atoms with E-state index in [-0.39, 0.29) is 5.75 Å². The first-order valence-corrected chi connectivity index (χ1v) is 7.62. The Balaban J connectivity index is 2.19. The monoisotopic (exact) mass is 276 g/mol. The van der Waals surface area contributed by atoms with Crippen LogP contribution in [0.4, 0.5) is 5.69 Å². The number of anilines is 1. The van der Waals surface area contributed by atoms with Crippen LogP contribution in [-0.2, 0) is 16.3 Å². The standard InChI is InChI=1S/C14H16N2O2S/c1-11-9-13(15)4-5-14(11)19(17,18)8-6-12-3-2-7-16-10-12/h2-5,7,9-10H,6,8,15H2,1H3.